The maximum absolute atomic E-state index is 11.8. The average Bonchev–Trinajstić information content (AvgIpc) is 2.94. The van der Waals surface area contributed by atoms with E-state index in [0.29, 0.717) is 13.2 Å². The van der Waals surface area contributed by atoms with Gasteiger partial charge in [-0.3, -0.25) is 9.69 Å². The SMILES string of the molecule is COCc1cc(CN2CC3(CCNCC3)CC2C(=O)O)ccc1OC. The fourth-order valence-electron chi connectivity index (χ4n) is 4.31. The second-order valence-corrected chi connectivity index (χ2v) is 7.29. The molecular formula is C19H28N2O4. The number of aliphatic carboxylic acids is 1. The molecule has 0 amide bonds. The number of methoxy groups -OCH3 is 2. The molecule has 1 aromatic rings. The second-order valence-electron chi connectivity index (χ2n) is 7.29. The van der Waals surface area contributed by atoms with E-state index in [-0.39, 0.29) is 5.41 Å². The van der Waals surface area contributed by atoms with Crippen molar-refractivity contribution < 1.29 is 19.4 Å². The number of carboxylic acids is 1. The lowest BCUT2D eigenvalue weighted by atomic mass is 9.77. The van der Waals surface area contributed by atoms with Crippen LogP contribution in [0.4, 0.5) is 0 Å². The number of carboxylic acid groups (broad SMARTS) is 1. The molecule has 1 spiro atoms. The molecule has 2 aliphatic heterocycles. The quantitative estimate of drug-likeness (QED) is 0.818. The summed E-state index contributed by atoms with van der Waals surface area (Å²) in [6, 6.07) is 5.63. The molecule has 0 bridgehead atoms. The van der Waals surface area contributed by atoms with Crippen molar-refractivity contribution >= 4 is 5.97 Å². The first kappa shape index (κ1) is 18.2. The Hall–Kier alpha value is -1.63. The number of nitrogens with zero attached hydrogens (tertiary/aromatic N) is 1. The summed E-state index contributed by atoms with van der Waals surface area (Å²) in [5.41, 5.74) is 2.24. The van der Waals surface area contributed by atoms with Crippen LogP contribution in [0.2, 0.25) is 0 Å². The first-order valence-electron chi connectivity index (χ1n) is 8.89. The third kappa shape index (κ3) is 3.97. The number of carbonyl (C=O) groups is 1. The van der Waals surface area contributed by atoms with Crippen LogP contribution in [-0.4, -0.2) is 55.9 Å². The van der Waals surface area contributed by atoms with E-state index >= 15 is 0 Å². The second kappa shape index (κ2) is 7.72. The molecule has 0 aromatic heterocycles. The summed E-state index contributed by atoms with van der Waals surface area (Å²) in [6.07, 6.45) is 2.88. The molecule has 1 aromatic carbocycles. The van der Waals surface area contributed by atoms with Crippen molar-refractivity contribution in [2.75, 3.05) is 33.9 Å². The topological polar surface area (TPSA) is 71.0 Å². The average molecular weight is 348 g/mol. The Morgan fingerprint density at radius 2 is 2.12 bits per heavy atom. The molecule has 2 heterocycles. The van der Waals surface area contributed by atoms with E-state index in [4.69, 9.17) is 9.47 Å². The molecular weight excluding hydrogens is 320 g/mol. The van der Waals surface area contributed by atoms with Gasteiger partial charge in [-0.2, -0.15) is 0 Å². The minimum Gasteiger partial charge on any atom is -0.496 e. The summed E-state index contributed by atoms with van der Waals surface area (Å²) in [5, 5.41) is 13.1. The highest BCUT2D eigenvalue weighted by atomic mass is 16.5. The Morgan fingerprint density at radius 1 is 1.36 bits per heavy atom. The summed E-state index contributed by atoms with van der Waals surface area (Å²) in [6.45, 7) is 3.96. The molecule has 0 aliphatic carbocycles. The van der Waals surface area contributed by atoms with Gasteiger partial charge in [-0.1, -0.05) is 6.07 Å². The smallest absolute Gasteiger partial charge is 0.320 e. The van der Waals surface area contributed by atoms with Crippen LogP contribution >= 0.6 is 0 Å². The molecule has 2 fully saturated rings. The number of hydrogen-bond donors (Lipinski definition) is 2. The molecule has 3 rings (SSSR count). The summed E-state index contributed by atoms with van der Waals surface area (Å²) in [4.78, 5) is 13.9. The Bertz CT molecular complexity index is 613. The van der Waals surface area contributed by atoms with E-state index in [1.165, 1.54) is 0 Å². The zero-order chi connectivity index (χ0) is 17.9. The van der Waals surface area contributed by atoms with Crippen LogP contribution in [-0.2, 0) is 22.7 Å². The molecule has 2 aliphatic rings. The van der Waals surface area contributed by atoms with Crippen molar-refractivity contribution in [2.45, 2.75) is 38.5 Å². The first-order valence-corrected chi connectivity index (χ1v) is 8.89. The number of ether oxygens (including phenoxy) is 2. The number of benzene rings is 1. The van der Waals surface area contributed by atoms with Crippen molar-refractivity contribution in [1.82, 2.24) is 10.2 Å². The van der Waals surface area contributed by atoms with Crippen LogP contribution in [0.25, 0.3) is 0 Å². The normalized spacial score (nSPS) is 23.0. The van der Waals surface area contributed by atoms with Gasteiger partial charge in [-0.15, -0.1) is 0 Å². The van der Waals surface area contributed by atoms with Crippen molar-refractivity contribution in [2.24, 2.45) is 5.41 Å². The molecule has 6 nitrogen and oxygen atoms in total. The number of nitrogens with one attached hydrogen (secondary N) is 1. The molecule has 138 valence electrons. The third-order valence-electron chi connectivity index (χ3n) is 5.59. The molecule has 1 unspecified atom stereocenters. The highest BCUT2D eigenvalue weighted by molar-refractivity contribution is 5.74. The molecule has 0 saturated carbocycles. The van der Waals surface area contributed by atoms with Gasteiger partial charge in [0.15, 0.2) is 0 Å². The van der Waals surface area contributed by atoms with E-state index in [9.17, 15) is 9.90 Å². The largest absolute Gasteiger partial charge is 0.496 e. The van der Waals surface area contributed by atoms with Crippen molar-refractivity contribution in [3.63, 3.8) is 0 Å². The van der Waals surface area contributed by atoms with Crippen LogP contribution in [0.15, 0.2) is 18.2 Å². The lowest BCUT2D eigenvalue weighted by molar-refractivity contribution is -0.142. The van der Waals surface area contributed by atoms with Gasteiger partial charge in [-0.05, 0) is 55.5 Å². The fraction of sp³-hybridized carbons (Fsp3) is 0.632. The van der Waals surface area contributed by atoms with Gasteiger partial charge in [0.05, 0.1) is 13.7 Å². The van der Waals surface area contributed by atoms with Crippen molar-refractivity contribution in [3.05, 3.63) is 29.3 Å². The molecule has 6 heteroatoms. The van der Waals surface area contributed by atoms with Crippen LogP contribution in [0.3, 0.4) is 0 Å². The van der Waals surface area contributed by atoms with Crippen LogP contribution in [0, 0.1) is 5.41 Å². The molecule has 2 saturated heterocycles. The summed E-state index contributed by atoms with van der Waals surface area (Å²) in [7, 11) is 3.31. The molecule has 0 radical (unpaired) electrons. The van der Waals surface area contributed by atoms with E-state index in [1.54, 1.807) is 14.2 Å². The Labute approximate surface area is 149 Å². The summed E-state index contributed by atoms with van der Waals surface area (Å²) < 4.78 is 10.6. The Kier molecular flexibility index (Phi) is 5.61. The van der Waals surface area contributed by atoms with Gasteiger partial charge < -0.3 is 19.9 Å². The predicted molar refractivity (Wildman–Crippen MR) is 94.7 cm³/mol. The van der Waals surface area contributed by atoms with Crippen molar-refractivity contribution in [3.8, 4) is 5.75 Å². The lowest BCUT2D eigenvalue weighted by Gasteiger charge is -2.33. The van der Waals surface area contributed by atoms with Gasteiger partial charge >= 0.3 is 5.97 Å². The van der Waals surface area contributed by atoms with Gasteiger partial charge in [-0.25, -0.2) is 0 Å². The lowest BCUT2D eigenvalue weighted by Crippen LogP contribution is -2.38. The first-order chi connectivity index (χ1) is 12.1. The summed E-state index contributed by atoms with van der Waals surface area (Å²) in [5.74, 6) is 0.0951. The Morgan fingerprint density at radius 3 is 2.76 bits per heavy atom. The van der Waals surface area contributed by atoms with Gasteiger partial charge in [0.2, 0.25) is 0 Å². The standard InChI is InChI=1S/C19H28N2O4/c1-24-12-15-9-14(3-4-17(15)25-2)11-21-13-19(5-7-20-8-6-19)10-16(21)18(22)23/h3-4,9,16,20H,5-8,10-13H2,1-2H3,(H,22,23). The fourth-order valence-corrected chi connectivity index (χ4v) is 4.31. The molecule has 1 atom stereocenters. The van der Waals surface area contributed by atoms with Crippen LogP contribution in [0.1, 0.15) is 30.4 Å². The number of piperidine rings is 1. The van der Waals surface area contributed by atoms with Crippen LogP contribution < -0.4 is 10.1 Å². The number of hydrogen-bond acceptors (Lipinski definition) is 5. The van der Waals surface area contributed by atoms with Crippen molar-refractivity contribution in [1.29, 1.82) is 0 Å². The van der Waals surface area contributed by atoms with Gasteiger partial charge in [0.25, 0.3) is 0 Å². The zero-order valence-electron chi connectivity index (χ0n) is 15.1. The van der Waals surface area contributed by atoms with E-state index in [2.05, 4.69) is 16.3 Å². The maximum Gasteiger partial charge on any atom is 0.320 e. The van der Waals surface area contributed by atoms with E-state index < -0.39 is 12.0 Å². The third-order valence-corrected chi connectivity index (χ3v) is 5.59. The minimum absolute atomic E-state index is 0.149. The monoisotopic (exact) mass is 348 g/mol. The van der Waals surface area contributed by atoms with Crippen LogP contribution in [0.5, 0.6) is 5.75 Å². The Balaban J connectivity index is 1.78. The maximum atomic E-state index is 11.8. The predicted octanol–water partition coefficient (Wildman–Crippen LogP) is 1.87. The minimum atomic E-state index is -0.707. The zero-order valence-corrected chi connectivity index (χ0v) is 15.1. The van der Waals surface area contributed by atoms with Gasteiger partial charge in [0, 0.05) is 25.8 Å². The highest BCUT2D eigenvalue weighted by Crippen LogP contribution is 2.42. The number of likely N-dealkylation sites (tertiary alicyclic amines) is 1. The summed E-state index contributed by atoms with van der Waals surface area (Å²) >= 11 is 0. The molecule has 25 heavy (non-hydrogen) atoms. The van der Waals surface area contributed by atoms with E-state index in [1.807, 2.05) is 12.1 Å². The molecule has 2 N–H and O–H groups in total. The van der Waals surface area contributed by atoms with E-state index in [0.717, 1.165) is 55.8 Å². The number of rotatable bonds is 6. The highest BCUT2D eigenvalue weighted by Gasteiger charge is 2.46. The van der Waals surface area contributed by atoms with Gasteiger partial charge in [0.1, 0.15) is 11.8 Å².